The summed E-state index contributed by atoms with van der Waals surface area (Å²) in [5.41, 5.74) is 7.52. The SMILES string of the molecule is COc1cccc(COC(=O)c2ccc(Br)c(N)c2)c1. The van der Waals surface area contributed by atoms with Gasteiger partial charge in [-0.15, -0.1) is 0 Å². The zero-order valence-corrected chi connectivity index (χ0v) is 12.5. The summed E-state index contributed by atoms with van der Waals surface area (Å²) in [6, 6.07) is 12.3. The number of carbonyl (C=O) groups is 1. The van der Waals surface area contributed by atoms with E-state index in [1.807, 2.05) is 24.3 Å². The Bertz CT molecular complexity index is 628. The first kappa shape index (κ1) is 14.4. The van der Waals surface area contributed by atoms with Crippen molar-refractivity contribution in [3.8, 4) is 5.75 Å². The molecule has 0 spiro atoms. The van der Waals surface area contributed by atoms with E-state index in [-0.39, 0.29) is 6.61 Å². The molecule has 0 unspecified atom stereocenters. The molecule has 4 nitrogen and oxygen atoms in total. The van der Waals surface area contributed by atoms with Gasteiger partial charge in [0.1, 0.15) is 12.4 Å². The maximum absolute atomic E-state index is 11.9. The third kappa shape index (κ3) is 3.51. The number of nitrogen functional groups attached to an aromatic ring is 1. The molecule has 0 saturated carbocycles. The van der Waals surface area contributed by atoms with E-state index in [4.69, 9.17) is 15.2 Å². The molecule has 2 N–H and O–H groups in total. The van der Waals surface area contributed by atoms with Gasteiger partial charge in [-0.1, -0.05) is 12.1 Å². The third-order valence-electron chi connectivity index (χ3n) is 2.74. The first-order valence-electron chi connectivity index (χ1n) is 5.95. The van der Waals surface area contributed by atoms with Gasteiger partial charge in [0.15, 0.2) is 0 Å². The Balaban J connectivity index is 2.02. The number of halogens is 1. The lowest BCUT2D eigenvalue weighted by atomic mass is 10.2. The van der Waals surface area contributed by atoms with Crippen molar-refractivity contribution in [2.24, 2.45) is 0 Å². The molecule has 2 aromatic carbocycles. The van der Waals surface area contributed by atoms with E-state index in [1.54, 1.807) is 25.3 Å². The summed E-state index contributed by atoms with van der Waals surface area (Å²) >= 11 is 3.28. The monoisotopic (exact) mass is 335 g/mol. The Morgan fingerprint density at radius 3 is 2.75 bits per heavy atom. The lowest BCUT2D eigenvalue weighted by Gasteiger charge is -2.07. The molecule has 0 atom stereocenters. The van der Waals surface area contributed by atoms with Crippen molar-refractivity contribution >= 4 is 27.6 Å². The zero-order chi connectivity index (χ0) is 14.5. The molecule has 0 aromatic heterocycles. The van der Waals surface area contributed by atoms with E-state index in [9.17, 15) is 4.79 Å². The molecule has 2 aromatic rings. The second kappa shape index (κ2) is 6.43. The maximum atomic E-state index is 11.9. The molecule has 0 saturated heterocycles. The molecule has 20 heavy (non-hydrogen) atoms. The maximum Gasteiger partial charge on any atom is 0.338 e. The van der Waals surface area contributed by atoms with Crippen LogP contribution in [0.4, 0.5) is 5.69 Å². The first-order valence-corrected chi connectivity index (χ1v) is 6.74. The van der Waals surface area contributed by atoms with Crippen molar-refractivity contribution in [3.05, 3.63) is 58.1 Å². The molecule has 0 radical (unpaired) electrons. The molecule has 0 aliphatic carbocycles. The summed E-state index contributed by atoms with van der Waals surface area (Å²) in [5, 5.41) is 0. The minimum Gasteiger partial charge on any atom is -0.497 e. The Kier molecular flexibility index (Phi) is 4.63. The fourth-order valence-corrected chi connectivity index (χ4v) is 1.91. The van der Waals surface area contributed by atoms with Gasteiger partial charge in [-0.3, -0.25) is 0 Å². The highest BCUT2D eigenvalue weighted by atomic mass is 79.9. The molecule has 0 fully saturated rings. The predicted molar refractivity (Wildman–Crippen MR) is 80.7 cm³/mol. The Morgan fingerprint density at radius 2 is 2.05 bits per heavy atom. The van der Waals surface area contributed by atoms with Crippen LogP contribution in [-0.2, 0) is 11.3 Å². The lowest BCUT2D eigenvalue weighted by Crippen LogP contribution is -2.06. The van der Waals surface area contributed by atoms with Crippen molar-refractivity contribution in [3.63, 3.8) is 0 Å². The van der Waals surface area contributed by atoms with Gasteiger partial charge in [-0.25, -0.2) is 4.79 Å². The molecule has 0 aliphatic rings. The van der Waals surface area contributed by atoms with Gasteiger partial charge in [-0.05, 0) is 51.8 Å². The Hall–Kier alpha value is -2.01. The minimum atomic E-state index is -0.410. The standard InChI is InChI=1S/C15H14BrNO3/c1-19-12-4-2-3-10(7-12)9-20-15(18)11-5-6-13(16)14(17)8-11/h2-8H,9,17H2,1H3. The van der Waals surface area contributed by atoms with Crippen LogP contribution in [0.5, 0.6) is 5.75 Å². The van der Waals surface area contributed by atoms with Gasteiger partial charge in [0.25, 0.3) is 0 Å². The number of methoxy groups -OCH3 is 1. The summed E-state index contributed by atoms with van der Waals surface area (Å²) in [5.74, 6) is 0.318. The van der Waals surface area contributed by atoms with Crippen LogP contribution in [0.15, 0.2) is 46.9 Å². The lowest BCUT2D eigenvalue weighted by molar-refractivity contribution is 0.0472. The summed E-state index contributed by atoms with van der Waals surface area (Å²) in [6.45, 7) is 0.187. The Morgan fingerprint density at radius 1 is 1.25 bits per heavy atom. The number of anilines is 1. The largest absolute Gasteiger partial charge is 0.497 e. The van der Waals surface area contributed by atoms with Gasteiger partial charge in [-0.2, -0.15) is 0 Å². The van der Waals surface area contributed by atoms with Gasteiger partial charge in [0, 0.05) is 10.2 Å². The number of ether oxygens (including phenoxy) is 2. The highest BCUT2D eigenvalue weighted by molar-refractivity contribution is 9.10. The highest BCUT2D eigenvalue weighted by Crippen LogP contribution is 2.21. The molecule has 0 amide bonds. The average Bonchev–Trinajstić information content (AvgIpc) is 2.47. The first-order chi connectivity index (χ1) is 9.60. The van der Waals surface area contributed by atoms with Gasteiger partial charge in [0.05, 0.1) is 12.7 Å². The summed E-state index contributed by atoms with van der Waals surface area (Å²) in [7, 11) is 1.59. The molecular weight excluding hydrogens is 322 g/mol. The van der Waals surface area contributed by atoms with Crippen molar-refractivity contribution in [2.75, 3.05) is 12.8 Å². The van der Waals surface area contributed by atoms with Crippen molar-refractivity contribution < 1.29 is 14.3 Å². The number of rotatable bonds is 4. The van der Waals surface area contributed by atoms with Crippen molar-refractivity contribution in [1.82, 2.24) is 0 Å². The van der Waals surface area contributed by atoms with E-state index in [2.05, 4.69) is 15.9 Å². The summed E-state index contributed by atoms with van der Waals surface area (Å²) in [4.78, 5) is 11.9. The van der Waals surface area contributed by atoms with Crippen LogP contribution >= 0.6 is 15.9 Å². The van der Waals surface area contributed by atoms with Crippen molar-refractivity contribution in [1.29, 1.82) is 0 Å². The molecule has 104 valence electrons. The molecule has 2 rings (SSSR count). The topological polar surface area (TPSA) is 61.5 Å². The van der Waals surface area contributed by atoms with Crippen molar-refractivity contribution in [2.45, 2.75) is 6.61 Å². The van der Waals surface area contributed by atoms with Gasteiger partial charge < -0.3 is 15.2 Å². The smallest absolute Gasteiger partial charge is 0.338 e. The van der Waals surface area contributed by atoms with Crippen LogP contribution in [0.25, 0.3) is 0 Å². The van der Waals surface area contributed by atoms with Crippen LogP contribution in [0.3, 0.4) is 0 Å². The van der Waals surface area contributed by atoms with Crippen LogP contribution in [0.2, 0.25) is 0 Å². The number of hydrogen-bond donors (Lipinski definition) is 1. The van der Waals surface area contributed by atoms with E-state index in [0.717, 1.165) is 15.8 Å². The number of carbonyl (C=O) groups excluding carboxylic acids is 1. The van der Waals surface area contributed by atoms with Crippen LogP contribution < -0.4 is 10.5 Å². The molecular formula is C15H14BrNO3. The number of esters is 1. The quantitative estimate of drug-likeness (QED) is 0.687. The third-order valence-corrected chi connectivity index (χ3v) is 3.46. The molecule has 0 heterocycles. The zero-order valence-electron chi connectivity index (χ0n) is 10.9. The highest BCUT2D eigenvalue weighted by Gasteiger charge is 2.09. The molecule has 5 heteroatoms. The van der Waals surface area contributed by atoms with E-state index >= 15 is 0 Å². The van der Waals surface area contributed by atoms with Gasteiger partial charge >= 0.3 is 5.97 Å². The van der Waals surface area contributed by atoms with E-state index < -0.39 is 5.97 Å². The van der Waals surface area contributed by atoms with Crippen LogP contribution in [0.1, 0.15) is 15.9 Å². The van der Waals surface area contributed by atoms with E-state index in [0.29, 0.717) is 11.3 Å². The second-order valence-corrected chi connectivity index (χ2v) is 5.02. The normalized spacial score (nSPS) is 10.1. The summed E-state index contributed by atoms with van der Waals surface area (Å²) < 4.78 is 11.1. The molecule has 0 bridgehead atoms. The summed E-state index contributed by atoms with van der Waals surface area (Å²) in [6.07, 6.45) is 0. The van der Waals surface area contributed by atoms with E-state index in [1.165, 1.54) is 0 Å². The van der Waals surface area contributed by atoms with Gasteiger partial charge in [0.2, 0.25) is 0 Å². The fraction of sp³-hybridized carbons (Fsp3) is 0.133. The second-order valence-electron chi connectivity index (χ2n) is 4.16. The average molecular weight is 336 g/mol. The molecule has 0 aliphatic heterocycles. The van der Waals surface area contributed by atoms with Crippen LogP contribution in [-0.4, -0.2) is 13.1 Å². The Labute approximate surface area is 125 Å². The fourth-order valence-electron chi connectivity index (χ4n) is 1.67. The predicted octanol–water partition coefficient (Wildman–Crippen LogP) is 3.40. The number of hydrogen-bond acceptors (Lipinski definition) is 4. The number of nitrogens with two attached hydrogens (primary N) is 1. The number of benzene rings is 2. The van der Waals surface area contributed by atoms with Crippen LogP contribution in [0, 0.1) is 0 Å². The minimum absolute atomic E-state index is 0.187.